The molecule has 3 aromatic rings. The number of carbonyl (C=O) groups excluding carboxylic acids is 2. The van der Waals surface area contributed by atoms with Gasteiger partial charge in [0.05, 0.1) is 0 Å². The van der Waals surface area contributed by atoms with Gasteiger partial charge in [-0.1, -0.05) is 40.5 Å². The summed E-state index contributed by atoms with van der Waals surface area (Å²) in [7, 11) is 2.09. The molecule has 2 saturated heterocycles. The van der Waals surface area contributed by atoms with Crippen LogP contribution in [0.2, 0.25) is 0 Å². The number of anilines is 2. The van der Waals surface area contributed by atoms with Gasteiger partial charge in [0.2, 0.25) is 5.95 Å². The maximum atomic E-state index is 13.6. The molecule has 4 heterocycles. The summed E-state index contributed by atoms with van der Waals surface area (Å²) >= 11 is 0. The molecule has 252 valence electrons. The number of nitrogens with zero attached hydrogens (tertiary/aromatic N) is 7. The van der Waals surface area contributed by atoms with Crippen LogP contribution < -0.4 is 5.32 Å². The molecule has 0 aliphatic carbocycles. The van der Waals surface area contributed by atoms with E-state index in [0.717, 1.165) is 114 Å². The first-order chi connectivity index (χ1) is 22.0. The van der Waals surface area contributed by atoms with Gasteiger partial charge in [0.25, 0.3) is 11.8 Å². The third kappa shape index (κ3) is 9.06. The summed E-state index contributed by atoms with van der Waals surface area (Å²) in [5, 5.41) is 3.50. The Morgan fingerprint density at radius 3 is 2.13 bits per heavy atom. The Bertz CT molecular complexity index is 1380. The smallest absolute Gasteiger partial charge is 0.272 e. The topological polar surface area (TPSA) is 89.8 Å². The van der Waals surface area contributed by atoms with E-state index in [-0.39, 0.29) is 19.2 Å². The molecule has 2 amide bonds. The van der Waals surface area contributed by atoms with Gasteiger partial charge in [-0.3, -0.25) is 14.2 Å². The quantitative estimate of drug-likeness (QED) is 0.229. The summed E-state index contributed by atoms with van der Waals surface area (Å²) in [6, 6.07) is 11.4. The van der Waals surface area contributed by atoms with Crippen molar-refractivity contribution in [1.82, 2.24) is 34.1 Å². The maximum absolute atomic E-state index is 13.6. The van der Waals surface area contributed by atoms with Crippen LogP contribution in [-0.2, 0) is 6.54 Å². The second-order valence-electron chi connectivity index (χ2n) is 12.7. The number of hydrogen-bond donors (Lipinski definition) is 1. The fourth-order valence-corrected chi connectivity index (χ4v) is 6.26. The molecule has 5 rings (SSSR count). The Labute approximate surface area is 276 Å². The lowest BCUT2D eigenvalue weighted by atomic mass is 10.1. The number of pyridine rings is 1. The number of amides is 2. The van der Waals surface area contributed by atoms with Gasteiger partial charge >= 0.3 is 0 Å². The normalized spacial score (nSPS) is 15.9. The van der Waals surface area contributed by atoms with E-state index in [9.17, 15) is 9.59 Å². The molecule has 10 nitrogen and oxygen atoms in total. The molecule has 0 bridgehead atoms. The number of likely N-dealkylation sites (N-methyl/N-ethyl adjacent to an activating group) is 1. The Kier molecular flexibility index (Phi) is 13.4. The molecule has 2 aliphatic heterocycles. The van der Waals surface area contributed by atoms with Gasteiger partial charge in [0.15, 0.2) is 5.65 Å². The predicted molar refractivity (Wildman–Crippen MR) is 188 cm³/mol. The van der Waals surface area contributed by atoms with Crippen LogP contribution in [0.4, 0.5) is 11.6 Å². The number of nitrogens with one attached hydrogen (secondary N) is 1. The molecule has 0 atom stereocenters. The molecule has 0 spiro atoms. The van der Waals surface area contributed by atoms with E-state index in [2.05, 4.69) is 40.6 Å². The highest BCUT2D eigenvalue weighted by Gasteiger charge is 2.22. The Morgan fingerprint density at radius 1 is 0.804 bits per heavy atom. The lowest BCUT2D eigenvalue weighted by molar-refractivity contribution is 0.0663. The summed E-state index contributed by atoms with van der Waals surface area (Å²) in [5.41, 5.74) is 3.53. The van der Waals surface area contributed by atoms with E-state index in [1.54, 1.807) is 0 Å². The Balaban J connectivity index is 0.00000480. The number of fused-ring (bicyclic) bond motifs is 1. The fourth-order valence-electron chi connectivity index (χ4n) is 6.26. The largest absolute Gasteiger partial charge is 0.337 e. The second-order valence-corrected chi connectivity index (χ2v) is 12.7. The van der Waals surface area contributed by atoms with Gasteiger partial charge in [-0.15, -0.1) is 0 Å². The van der Waals surface area contributed by atoms with Gasteiger partial charge in [-0.25, -0.2) is 9.97 Å². The van der Waals surface area contributed by atoms with E-state index in [1.807, 2.05) is 46.2 Å². The number of hydrogen-bond acceptors (Lipinski definition) is 7. The average Bonchev–Trinajstić information content (AvgIpc) is 3.41. The molecule has 0 unspecified atom stereocenters. The highest BCUT2D eigenvalue weighted by atomic mass is 16.2. The fraction of sp³-hybridized carbons (Fsp3) is 0.611. The van der Waals surface area contributed by atoms with Crippen molar-refractivity contribution in [3.05, 3.63) is 47.7 Å². The van der Waals surface area contributed by atoms with Crippen LogP contribution >= 0.6 is 0 Å². The zero-order valence-electron chi connectivity index (χ0n) is 27.6. The van der Waals surface area contributed by atoms with Crippen LogP contribution in [0.1, 0.15) is 93.5 Å². The van der Waals surface area contributed by atoms with E-state index >= 15 is 0 Å². The van der Waals surface area contributed by atoms with Gasteiger partial charge in [-0.2, -0.15) is 0 Å². The van der Waals surface area contributed by atoms with Gasteiger partial charge in [0, 0.05) is 57.1 Å². The predicted octanol–water partition coefficient (Wildman–Crippen LogP) is 6.12. The van der Waals surface area contributed by atoms with E-state index in [1.165, 1.54) is 19.3 Å². The standard InChI is InChI=1S/C35H52N8O2.CH4/c1-4-6-21-41(22-7-5-2)34(45)31-17-16-30-32(37-31)43(23-11-20-40-18-9-8-10-19-40)35(38-30)36-29-14-12-28(13-15-29)33(44)42-26-24-39(3)25-27-42;/h12-17H,4-11,18-27H2,1-3H3,(H,36,38);1H4. The molecule has 2 aliphatic rings. The SMILES string of the molecule is C.CCCCN(CCCC)C(=O)c1ccc2nc(Nc3ccc(C(=O)N4CCN(C)CC4)cc3)n(CCCN3CCCCC3)c2n1. The van der Waals surface area contributed by atoms with Crippen molar-refractivity contribution in [1.29, 1.82) is 0 Å². The number of imidazole rings is 1. The molecule has 2 fully saturated rings. The lowest BCUT2D eigenvalue weighted by Crippen LogP contribution is -2.47. The van der Waals surface area contributed by atoms with Crippen LogP contribution in [0, 0.1) is 0 Å². The van der Waals surface area contributed by atoms with E-state index in [0.29, 0.717) is 17.2 Å². The van der Waals surface area contributed by atoms with Crippen molar-refractivity contribution in [3.63, 3.8) is 0 Å². The third-order valence-electron chi connectivity index (χ3n) is 9.14. The Hall–Kier alpha value is -3.50. The number of benzene rings is 1. The summed E-state index contributed by atoms with van der Waals surface area (Å²) in [6.45, 7) is 13.2. The minimum absolute atomic E-state index is 0. The molecule has 2 aromatic heterocycles. The number of likely N-dealkylation sites (tertiary alicyclic amines) is 1. The molecular weight excluding hydrogens is 576 g/mol. The molecular formula is C36H56N8O2. The number of piperidine rings is 1. The summed E-state index contributed by atoms with van der Waals surface area (Å²) < 4.78 is 2.13. The second kappa shape index (κ2) is 17.4. The monoisotopic (exact) mass is 632 g/mol. The van der Waals surface area contributed by atoms with Crippen molar-refractivity contribution in [2.45, 2.75) is 79.2 Å². The van der Waals surface area contributed by atoms with Crippen LogP contribution in [0.25, 0.3) is 11.2 Å². The highest BCUT2D eigenvalue weighted by molar-refractivity contribution is 5.95. The molecule has 10 heteroatoms. The Morgan fingerprint density at radius 2 is 1.48 bits per heavy atom. The zero-order chi connectivity index (χ0) is 31.6. The molecule has 1 aromatic carbocycles. The average molecular weight is 633 g/mol. The number of aryl methyl sites for hydroxylation is 1. The minimum Gasteiger partial charge on any atom is -0.337 e. The van der Waals surface area contributed by atoms with Gasteiger partial charge < -0.3 is 24.9 Å². The van der Waals surface area contributed by atoms with Crippen molar-refractivity contribution in [3.8, 4) is 0 Å². The zero-order valence-corrected chi connectivity index (χ0v) is 27.6. The maximum Gasteiger partial charge on any atom is 0.272 e. The third-order valence-corrected chi connectivity index (χ3v) is 9.14. The molecule has 0 saturated carbocycles. The van der Waals surface area contributed by atoms with Crippen LogP contribution in [-0.4, -0.2) is 112 Å². The summed E-state index contributed by atoms with van der Waals surface area (Å²) in [4.78, 5) is 45.3. The van der Waals surface area contributed by atoms with E-state index < -0.39 is 0 Å². The van der Waals surface area contributed by atoms with Crippen molar-refractivity contribution in [2.24, 2.45) is 0 Å². The lowest BCUT2D eigenvalue weighted by Gasteiger charge is -2.32. The van der Waals surface area contributed by atoms with Crippen LogP contribution in [0.3, 0.4) is 0 Å². The summed E-state index contributed by atoms with van der Waals surface area (Å²) in [6.07, 6.45) is 8.90. The first-order valence-corrected chi connectivity index (χ1v) is 17.2. The number of aromatic nitrogens is 3. The summed E-state index contributed by atoms with van der Waals surface area (Å²) in [5.74, 6) is 0.774. The molecule has 1 N–H and O–H groups in total. The molecule has 46 heavy (non-hydrogen) atoms. The van der Waals surface area contributed by atoms with Crippen LogP contribution in [0.5, 0.6) is 0 Å². The number of carbonyl (C=O) groups is 2. The first kappa shape index (κ1) is 35.4. The number of piperazine rings is 1. The van der Waals surface area contributed by atoms with Crippen molar-refractivity contribution in [2.75, 3.05) is 71.3 Å². The highest BCUT2D eigenvalue weighted by Crippen LogP contribution is 2.24. The first-order valence-electron chi connectivity index (χ1n) is 17.2. The van der Waals surface area contributed by atoms with E-state index in [4.69, 9.17) is 9.97 Å². The minimum atomic E-state index is -0.00465. The van der Waals surface area contributed by atoms with Crippen LogP contribution in [0.15, 0.2) is 36.4 Å². The molecule has 0 radical (unpaired) electrons. The van der Waals surface area contributed by atoms with Gasteiger partial charge in [0.1, 0.15) is 11.2 Å². The van der Waals surface area contributed by atoms with Gasteiger partial charge in [-0.05, 0) is 95.2 Å². The van der Waals surface area contributed by atoms with Crippen molar-refractivity contribution < 1.29 is 9.59 Å². The van der Waals surface area contributed by atoms with Crippen molar-refractivity contribution >= 4 is 34.6 Å². The number of rotatable bonds is 14. The number of unbranched alkanes of at least 4 members (excludes halogenated alkanes) is 2.